The van der Waals surface area contributed by atoms with Crippen molar-refractivity contribution in [1.82, 2.24) is 14.4 Å². The number of hydrogen-bond acceptors (Lipinski definition) is 5. The molecular formula is C21H17FN4O3. The third-order valence-corrected chi connectivity index (χ3v) is 4.11. The molecule has 0 bridgehead atoms. The summed E-state index contributed by atoms with van der Waals surface area (Å²) in [6, 6.07) is 13.5. The van der Waals surface area contributed by atoms with E-state index < -0.39 is 0 Å². The van der Waals surface area contributed by atoms with Gasteiger partial charge in [0.05, 0.1) is 31.1 Å². The SMILES string of the molecule is COc1ccccc1Oc1ccc(NC(=O)Cc2cn3cc(F)ccc3n2)cn1. The lowest BCUT2D eigenvalue weighted by atomic mass is 10.3. The molecule has 29 heavy (non-hydrogen) atoms. The molecular weight excluding hydrogens is 375 g/mol. The van der Waals surface area contributed by atoms with Crippen LogP contribution >= 0.6 is 0 Å². The Morgan fingerprint density at radius 2 is 1.93 bits per heavy atom. The Hall–Kier alpha value is -3.94. The monoisotopic (exact) mass is 392 g/mol. The van der Waals surface area contributed by atoms with Gasteiger partial charge in [-0.1, -0.05) is 12.1 Å². The first-order chi connectivity index (χ1) is 14.1. The number of hydrogen-bond donors (Lipinski definition) is 1. The predicted molar refractivity (Wildman–Crippen MR) is 105 cm³/mol. The lowest BCUT2D eigenvalue weighted by molar-refractivity contribution is -0.115. The number of para-hydroxylation sites is 2. The maximum atomic E-state index is 13.3. The van der Waals surface area contributed by atoms with E-state index in [4.69, 9.17) is 9.47 Å². The summed E-state index contributed by atoms with van der Waals surface area (Å²) in [6.45, 7) is 0. The first kappa shape index (κ1) is 18.4. The van der Waals surface area contributed by atoms with Crippen LogP contribution in [0.15, 0.2) is 67.1 Å². The van der Waals surface area contributed by atoms with Crippen molar-refractivity contribution in [2.24, 2.45) is 0 Å². The maximum Gasteiger partial charge on any atom is 0.230 e. The molecule has 0 aliphatic carbocycles. The van der Waals surface area contributed by atoms with E-state index in [1.54, 1.807) is 48.0 Å². The minimum Gasteiger partial charge on any atom is -0.493 e. The topological polar surface area (TPSA) is 77.8 Å². The van der Waals surface area contributed by atoms with Gasteiger partial charge in [0.1, 0.15) is 11.5 Å². The fraction of sp³-hybridized carbons (Fsp3) is 0.0952. The van der Waals surface area contributed by atoms with Gasteiger partial charge in [0.25, 0.3) is 0 Å². The highest BCUT2D eigenvalue weighted by Gasteiger charge is 2.10. The Kier molecular flexibility index (Phi) is 5.07. The van der Waals surface area contributed by atoms with Crippen LogP contribution in [0.3, 0.4) is 0 Å². The number of carbonyl (C=O) groups is 1. The number of imidazole rings is 1. The van der Waals surface area contributed by atoms with Crippen LogP contribution < -0.4 is 14.8 Å². The second-order valence-electron chi connectivity index (χ2n) is 6.21. The zero-order valence-electron chi connectivity index (χ0n) is 15.5. The Balaban J connectivity index is 1.39. The van der Waals surface area contributed by atoms with E-state index in [1.165, 1.54) is 18.5 Å². The average molecular weight is 392 g/mol. The molecule has 7 nitrogen and oxygen atoms in total. The molecule has 4 rings (SSSR count). The summed E-state index contributed by atoms with van der Waals surface area (Å²) >= 11 is 0. The van der Waals surface area contributed by atoms with E-state index >= 15 is 0 Å². The van der Waals surface area contributed by atoms with Crippen LogP contribution in [-0.2, 0) is 11.2 Å². The quantitative estimate of drug-likeness (QED) is 0.539. The van der Waals surface area contributed by atoms with Crippen molar-refractivity contribution in [2.75, 3.05) is 12.4 Å². The molecule has 8 heteroatoms. The van der Waals surface area contributed by atoms with E-state index in [0.717, 1.165) is 0 Å². The van der Waals surface area contributed by atoms with Crippen molar-refractivity contribution in [3.05, 3.63) is 78.6 Å². The second kappa shape index (κ2) is 7.97. The van der Waals surface area contributed by atoms with Gasteiger partial charge in [0.2, 0.25) is 11.8 Å². The molecule has 0 saturated carbocycles. The Bertz CT molecular complexity index is 1160. The number of anilines is 1. The van der Waals surface area contributed by atoms with Gasteiger partial charge in [-0.05, 0) is 30.3 Å². The predicted octanol–water partition coefficient (Wildman–Crippen LogP) is 3.85. The van der Waals surface area contributed by atoms with Crippen LogP contribution in [0.4, 0.5) is 10.1 Å². The summed E-state index contributed by atoms with van der Waals surface area (Å²) in [5.74, 6) is 0.887. The number of benzene rings is 1. The van der Waals surface area contributed by atoms with Crippen LogP contribution in [-0.4, -0.2) is 27.4 Å². The van der Waals surface area contributed by atoms with E-state index in [-0.39, 0.29) is 18.1 Å². The fourth-order valence-electron chi connectivity index (χ4n) is 2.80. The number of aromatic nitrogens is 3. The number of halogens is 1. The largest absolute Gasteiger partial charge is 0.493 e. The number of rotatable bonds is 6. The van der Waals surface area contributed by atoms with Crippen LogP contribution in [0.25, 0.3) is 5.65 Å². The lowest BCUT2D eigenvalue weighted by Gasteiger charge is -2.09. The number of methoxy groups -OCH3 is 1. The number of ether oxygens (including phenoxy) is 2. The van der Waals surface area contributed by atoms with Crippen LogP contribution in [0.2, 0.25) is 0 Å². The molecule has 0 spiro atoms. The summed E-state index contributed by atoms with van der Waals surface area (Å²) in [7, 11) is 1.56. The molecule has 3 aromatic heterocycles. The lowest BCUT2D eigenvalue weighted by Crippen LogP contribution is -2.14. The smallest absolute Gasteiger partial charge is 0.230 e. The first-order valence-corrected chi connectivity index (χ1v) is 8.80. The zero-order valence-corrected chi connectivity index (χ0v) is 15.5. The Morgan fingerprint density at radius 1 is 1.10 bits per heavy atom. The van der Waals surface area contributed by atoms with Crippen LogP contribution in [0.1, 0.15) is 5.69 Å². The van der Waals surface area contributed by atoms with Gasteiger partial charge >= 0.3 is 0 Å². The van der Waals surface area contributed by atoms with Gasteiger partial charge in [-0.15, -0.1) is 0 Å². The van der Waals surface area contributed by atoms with Gasteiger partial charge in [-0.25, -0.2) is 14.4 Å². The summed E-state index contributed by atoms with van der Waals surface area (Å²) in [6.07, 6.45) is 4.50. The number of nitrogens with one attached hydrogen (secondary N) is 1. The Labute approximate surface area is 165 Å². The minimum absolute atomic E-state index is 0.0583. The minimum atomic E-state index is -0.368. The molecule has 0 aliphatic heterocycles. The molecule has 4 aromatic rings. The standard InChI is InChI=1S/C21H17FN4O3/c1-28-17-4-2-3-5-18(17)29-21-9-7-15(11-23-21)25-20(27)10-16-13-26-12-14(22)6-8-19(26)24-16/h2-9,11-13H,10H2,1H3,(H,25,27). The highest BCUT2D eigenvalue weighted by Crippen LogP contribution is 2.30. The molecule has 146 valence electrons. The molecule has 1 amide bonds. The van der Waals surface area contributed by atoms with Crippen molar-refractivity contribution in [1.29, 1.82) is 0 Å². The summed E-state index contributed by atoms with van der Waals surface area (Å²) in [5, 5.41) is 2.75. The molecule has 0 unspecified atom stereocenters. The highest BCUT2D eigenvalue weighted by molar-refractivity contribution is 5.91. The van der Waals surface area contributed by atoms with E-state index in [9.17, 15) is 9.18 Å². The van der Waals surface area contributed by atoms with Crippen molar-refractivity contribution in [3.8, 4) is 17.4 Å². The molecule has 0 radical (unpaired) electrons. The molecule has 0 saturated heterocycles. The number of amides is 1. The van der Waals surface area contributed by atoms with Crippen LogP contribution in [0, 0.1) is 5.82 Å². The molecule has 0 aliphatic rings. The molecule has 0 fully saturated rings. The first-order valence-electron chi connectivity index (χ1n) is 8.80. The number of pyridine rings is 2. The molecule has 1 aromatic carbocycles. The number of carbonyl (C=O) groups excluding carboxylic acids is 1. The van der Waals surface area contributed by atoms with E-state index in [0.29, 0.717) is 34.4 Å². The summed E-state index contributed by atoms with van der Waals surface area (Å²) in [5.41, 5.74) is 1.64. The van der Waals surface area contributed by atoms with Gasteiger partial charge in [-0.2, -0.15) is 0 Å². The molecule has 1 N–H and O–H groups in total. The summed E-state index contributed by atoms with van der Waals surface area (Å²) in [4.78, 5) is 20.8. The normalized spacial score (nSPS) is 10.7. The third kappa shape index (κ3) is 4.32. The Morgan fingerprint density at radius 3 is 2.69 bits per heavy atom. The van der Waals surface area contributed by atoms with Crippen molar-refractivity contribution in [2.45, 2.75) is 6.42 Å². The molecule has 0 atom stereocenters. The summed E-state index contributed by atoms with van der Waals surface area (Å²) < 4.78 is 25.7. The van der Waals surface area contributed by atoms with Crippen LogP contribution in [0.5, 0.6) is 17.4 Å². The van der Waals surface area contributed by atoms with Gasteiger partial charge in [0.15, 0.2) is 11.5 Å². The third-order valence-electron chi connectivity index (χ3n) is 4.11. The van der Waals surface area contributed by atoms with Crippen molar-refractivity contribution >= 4 is 17.2 Å². The highest BCUT2D eigenvalue weighted by atomic mass is 19.1. The van der Waals surface area contributed by atoms with E-state index in [2.05, 4.69) is 15.3 Å². The van der Waals surface area contributed by atoms with Gasteiger partial charge < -0.3 is 19.2 Å². The zero-order chi connectivity index (χ0) is 20.2. The fourth-order valence-corrected chi connectivity index (χ4v) is 2.80. The van der Waals surface area contributed by atoms with E-state index in [1.807, 2.05) is 12.1 Å². The van der Waals surface area contributed by atoms with Gasteiger partial charge in [-0.3, -0.25) is 4.79 Å². The number of fused-ring (bicyclic) bond motifs is 1. The van der Waals surface area contributed by atoms with Crippen molar-refractivity contribution < 1.29 is 18.7 Å². The molecule has 3 heterocycles. The van der Waals surface area contributed by atoms with Crippen molar-refractivity contribution in [3.63, 3.8) is 0 Å². The average Bonchev–Trinajstić information content (AvgIpc) is 3.11. The maximum absolute atomic E-state index is 13.3. The second-order valence-corrected chi connectivity index (χ2v) is 6.21. The van der Waals surface area contributed by atoms with Gasteiger partial charge in [0, 0.05) is 18.5 Å². The number of nitrogens with zero attached hydrogens (tertiary/aromatic N) is 3.